The molecule has 2 aromatic rings. The van der Waals surface area contributed by atoms with Gasteiger partial charge in [-0.15, -0.1) is 0 Å². The highest BCUT2D eigenvalue weighted by atomic mass is 32.1. The van der Waals surface area contributed by atoms with Gasteiger partial charge in [0.25, 0.3) is 11.8 Å². The summed E-state index contributed by atoms with van der Waals surface area (Å²) in [5.41, 5.74) is 1.44. The van der Waals surface area contributed by atoms with Crippen LogP contribution in [0.1, 0.15) is 33.6 Å². The summed E-state index contributed by atoms with van der Waals surface area (Å²) in [4.78, 5) is 24.2. The maximum atomic E-state index is 12.9. The van der Waals surface area contributed by atoms with Crippen molar-refractivity contribution in [2.45, 2.75) is 18.9 Å². The van der Waals surface area contributed by atoms with Crippen molar-refractivity contribution in [1.82, 2.24) is 10.6 Å². The molecule has 2 amide bonds. The van der Waals surface area contributed by atoms with Crippen molar-refractivity contribution in [2.75, 3.05) is 18.5 Å². The number of carbonyl (C=O) groups excluding carboxylic acids is 2. The lowest BCUT2D eigenvalue weighted by molar-refractivity contribution is 0.0857. The molecular weight excluding hydrogens is 381 g/mol. The predicted octanol–water partition coefficient (Wildman–Crippen LogP) is 2.86. The number of rotatable bonds is 5. The Bertz CT molecular complexity index is 850. The van der Waals surface area contributed by atoms with Crippen LogP contribution >= 0.6 is 12.2 Å². The van der Waals surface area contributed by atoms with Crippen LogP contribution < -0.4 is 16.0 Å². The molecule has 1 atom stereocenters. The summed E-state index contributed by atoms with van der Waals surface area (Å²) in [6.07, 6.45) is 2.08. The van der Waals surface area contributed by atoms with Crippen molar-refractivity contribution < 1.29 is 18.7 Å². The molecule has 3 N–H and O–H groups in total. The third-order valence-electron chi connectivity index (χ3n) is 4.25. The van der Waals surface area contributed by atoms with Gasteiger partial charge in [-0.05, 0) is 73.6 Å². The lowest BCUT2D eigenvalue weighted by atomic mass is 10.2. The maximum absolute atomic E-state index is 12.9. The van der Waals surface area contributed by atoms with Crippen molar-refractivity contribution in [1.29, 1.82) is 0 Å². The first-order valence-electron chi connectivity index (χ1n) is 8.89. The Balaban J connectivity index is 1.48. The molecule has 8 heteroatoms. The van der Waals surface area contributed by atoms with Crippen molar-refractivity contribution in [3.8, 4) is 0 Å². The first-order chi connectivity index (χ1) is 13.5. The highest BCUT2D eigenvalue weighted by molar-refractivity contribution is 7.80. The van der Waals surface area contributed by atoms with Gasteiger partial charge in [0.05, 0.1) is 6.10 Å². The van der Waals surface area contributed by atoms with E-state index in [1.54, 1.807) is 24.3 Å². The van der Waals surface area contributed by atoms with Gasteiger partial charge >= 0.3 is 0 Å². The largest absolute Gasteiger partial charge is 0.376 e. The van der Waals surface area contributed by atoms with Crippen LogP contribution in [0.5, 0.6) is 0 Å². The average molecular weight is 401 g/mol. The van der Waals surface area contributed by atoms with E-state index in [4.69, 9.17) is 17.0 Å². The van der Waals surface area contributed by atoms with E-state index < -0.39 is 11.7 Å². The molecule has 6 nitrogen and oxygen atoms in total. The zero-order valence-corrected chi connectivity index (χ0v) is 15.9. The second-order valence-electron chi connectivity index (χ2n) is 6.34. The summed E-state index contributed by atoms with van der Waals surface area (Å²) in [6.45, 7) is 1.25. The molecule has 1 heterocycles. The summed E-state index contributed by atoms with van der Waals surface area (Å²) in [6, 6.07) is 11.9. The van der Waals surface area contributed by atoms with Gasteiger partial charge in [0.1, 0.15) is 5.82 Å². The Kier molecular flexibility index (Phi) is 6.67. The molecule has 3 rings (SSSR count). The highest BCUT2D eigenvalue weighted by Gasteiger charge is 2.16. The molecule has 146 valence electrons. The quantitative estimate of drug-likeness (QED) is 0.672. The van der Waals surface area contributed by atoms with Crippen LogP contribution in [0.4, 0.5) is 10.1 Å². The van der Waals surface area contributed by atoms with Gasteiger partial charge in [-0.25, -0.2) is 4.39 Å². The van der Waals surface area contributed by atoms with E-state index in [-0.39, 0.29) is 17.1 Å². The molecule has 0 radical (unpaired) electrons. The highest BCUT2D eigenvalue weighted by Crippen LogP contribution is 2.12. The van der Waals surface area contributed by atoms with Gasteiger partial charge in [0.2, 0.25) is 0 Å². The number of anilines is 1. The van der Waals surface area contributed by atoms with Crippen LogP contribution in [-0.4, -0.2) is 36.2 Å². The molecule has 1 aliphatic rings. The fourth-order valence-electron chi connectivity index (χ4n) is 2.76. The van der Waals surface area contributed by atoms with Gasteiger partial charge in [-0.3, -0.25) is 14.9 Å². The average Bonchev–Trinajstić information content (AvgIpc) is 3.20. The number of halogens is 1. The Morgan fingerprint density at radius 3 is 2.32 bits per heavy atom. The number of amides is 2. The summed E-state index contributed by atoms with van der Waals surface area (Å²) >= 11 is 5.12. The van der Waals surface area contributed by atoms with Gasteiger partial charge in [-0.1, -0.05) is 0 Å². The van der Waals surface area contributed by atoms with Gasteiger partial charge in [0.15, 0.2) is 5.11 Å². The molecule has 2 aromatic carbocycles. The first-order valence-corrected chi connectivity index (χ1v) is 9.30. The zero-order valence-electron chi connectivity index (χ0n) is 15.0. The molecule has 0 aliphatic carbocycles. The van der Waals surface area contributed by atoms with Crippen LogP contribution in [-0.2, 0) is 4.74 Å². The van der Waals surface area contributed by atoms with Crippen LogP contribution in [0, 0.1) is 5.82 Å². The third-order valence-corrected chi connectivity index (χ3v) is 4.46. The van der Waals surface area contributed by atoms with Gasteiger partial charge < -0.3 is 15.4 Å². The minimum atomic E-state index is -0.442. The van der Waals surface area contributed by atoms with E-state index in [0.717, 1.165) is 19.4 Å². The Hall–Kier alpha value is -2.84. The molecule has 1 saturated heterocycles. The van der Waals surface area contributed by atoms with Crippen molar-refractivity contribution in [2.24, 2.45) is 0 Å². The number of hydrogen-bond acceptors (Lipinski definition) is 4. The smallest absolute Gasteiger partial charge is 0.257 e. The van der Waals surface area contributed by atoms with Crippen molar-refractivity contribution in [3.05, 3.63) is 65.5 Å². The van der Waals surface area contributed by atoms with Crippen molar-refractivity contribution >= 4 is 34.8 Å². The number of thiocarbonyl (C=S) groups is 1. The molecule has 1 fully saturated rings. The number of nitrogens with one attached hydrogen (secondary N) is 3. The number of hydrogen-bond donors (Lipinski definition) is 3. The molecule has 28 heavy (non-hydrogen) atoms. The normalized spacial score (nSPS) is 15.7. The molecular formula is C20H20FN3O3S. The molecule has 0 bridgehead atoms. The molecule has 0 aromatic heterocycles. The zero-order chi connectivity index (χ0) is 19.9. The SMILES string of the molecule is O=C(NCC1CCCO1)c1ccc(NC(=S)NC(=O)c2ccc(F)cc2)cc1. The van der Waals surface area contributed by atoms with E-state index in [1.165, 1.54) is 24.3 Å². The fourth-order valence-corrected chi connectivity index (χ4v) is 2.97. The van der Waals surface area contributed by atoms with Crippen LogP contribution in [0.25, 0.3) is 0 Å². The Morgan fingerprint density at radius 2 is 1.68 bits per heavy atom. The van der Waals surface area contributed by atoms with Gasteiger partial charge in [0, 0.05) is 30.0 Å². The Morgan fingerprint density at radius 1 is 1.04 bits per heavy atom. The summed E-state index contributed by atoms with van der Waals surface area (Å²) in [5, 5.41) is 8.35. The van der Waals surface area contributed by atoms with Crippen LogP contribution in [0.2, 0.25) is 0 Å². The van der Waals surface area contributed by atoms with E-state index in [1.807, 2.05) is 0 Å². The Labute approximate surface area is 167 Å². The molecule has 1 aliphatic heterocycles. The lowest BCUT2D eigenvalue weighted by Gasteiger charge is -2.12. The van der Waals surface area contributed by atoms with E-state index in [9.17, 15) is 14.0 Å². The number of ether oxygens (including phenoxy) is 1. The summed E-state index contributed by atoms with van der Waals surface area (Å²) in [7, 11) is 0. The maximum Gasteiger partial charge on any atom is 0.257 e. The minimum absolute atomic E-state index is 0.0898. The summed E-state index contributed by atoms with van der Waals surface area (Å²) in [5.74, 6) is -1.03. The molecule has 0 saturated carbocycles. The van der Waals surface area contributed by atoms with E-state index in [2.05, 4.69) is 16.0 Å². The standard InChI is InChI=1S/C20H20FN3O3S/c21-15-7-3-14(4-8-15)19(26)24-20(28)23-16-9-5-13(6-10-16)18(25)22-12-17-2-1-11-27-17/h3-10,17H,1-2,11-12H2,(H,22,25)(H2,23,24,26,28). The molecule has 1 unspecified atom stereocenters. The van der Waals surface area contributed by atoms with E-state index >= 15 is 0 Å². The summed E-state index contributed by atoms with van der Waals surface area (Å²) < 4.78 is 18.4. The number of carbonyl (C=O) groups is 2. The topological polar surface area (TPSA) is 79.5 Å². The van der Waals surface area contributed by atoms with Gasteiger partial charge in [-0.2, -0.15) is 0 Å². The molecule has 0 spiro atoms. The second kappa shape index (κ2) is 9.38. The third kappa shape index (κ3) is 5.58. The number of benzene rings is 2. The first kappa shape index (κ1) is 19.9. The van der Waals surface area contributed by atoms with Crippen molar-refractivity contribution in [3.63, 3.8) is 0 Å². The fraction of sp³-hybridized carbons (Fsp3) is 0.250. The minimum Gasteiger partial charge on any atom is -0.376 e. The second-order valence-corrected chi connectivity index (χ2v) is 6.75. The lowest BCUT2D eigenvalue weighted by Crippen LogP contribution is -2.34. The monoisotopic (exact) mass is 401 g/mol. The van der Waals surface area contributed by atoms with E-state index in [0.29, 0.717) is 23.4 Å². The van der Waals surface area contributed by atoms with Crippen LogP contribution in [0.3, 0.4) is 0 Å². The van der Waals surface area contributed by atoms with Crippen LogP contribution in [0.15, 0.2) is 48.5 Å². The predicted molar refractivity (Wildman–Crippen MR) is 108 cm³/mol.